The predicted molar refractivity (Wildman–Crippen MR) is 97.2 cm³/mol. The van der Waals surface area contributed by atoms with Gasteiger partial charge in [-0.2, -0.15) is 0 Å². The number of nitrogens with zero attached hydrogens (tertiary/aromatic N) is 3. The normalized spacial score (nSPS) is 20.2. The smallest absolute Gasteiger partial charge is 0.294 e. The summed E-state index contributed by atoms with van der Waals surface area (Å²) in [5, 5.41) is 15.9. The average molecular weight is 373 g/mol. The van der Waals surface area contributed by atoms with Crippen LogP contribution in [0.25, 0.3) is 10.9 Å². The lowest BCUT2D eigenvalue weighted by molar-refractivity contribution is -0.433. The fourth-order valence-corrected chi connectivity index (χ4v) is 3.96. The molecule has 1 N–H and O–H groups in total. The molecule has 1 aromatic heterocycles. The first-order valence-electron chi connectivity index (χ1n) is 8.45. The van der Waals surface area contributed by atoms with Crippen LogP contribution in [-0.2, 0) is 4.79 Å². The van der Waals surface area contributed by atoms with Gasteiger partial charge in [-0.05, 0) is 31.5 Å². The van der Waals surface area contributed by atoms with Crippen molar-refractivity contribution in [1.29, 1.82) is 0 Å². The van der Waals surface area contributed by atoms with Crippen LogP contribution in [0.3, 0.4) is 0 Å². The molecule has 1 amide bonds. The third kappa shape index (κ3) is 2.68. The van der Waals surface area contributed by atoms with Crippen LogP contribution in [0.5, 0.6) is 0 Å². The minimum absolute atomic E-state index is 0.0139. The highest BCUT2D eigenvalue weighted by molar-refractivity contribution is 6.30. The molecule has 0 spiro atoms. The quantitative estimate of drug-likeness (QED) is 0.497. The Hall–Kier alpha value is -2.67. The topological polar surface area (TPSA) is 88.4 Å². The van der Waals surface area contributed by atoms with Gasteiger partial charge in [-0.3, -0.25) is 19.8 Å². The number of fused-ring (bicyclic) bond motifs is 2. The summed E-state index contributed by atoms with van der Waals surface area (Å²) in [6, 6.07) is 7.57. The van der Waals surface area contributed by atoms with Crippen LogP contribution in [-0.4, -0.2) is 33.8 Å². The molecule has 1 fully saturated rings. The second-order valence-electron chi connectivity index (χ2n) is 6.64. The Kier molecular flexibility index (Phi) is 4.03. The molecule has 0 aliphatic carbocycles. The van der Waals surface area contributed by atoms with Crippen molar-refractivity contribution in [3.8, 4) is 0 Å². The molecule has 2 aliphatic heterocycles. The van der Waals surface area contributed by atoms with E-state index in [1.807, 2.05) is 31.2 Å². The molecule has 3 heterocycles. The molecule has 4 rings (SSSR count). The number of amides is 1. The zero-order chi connectivity index (χ0) is 18.4. The molecule has 134 valence electrons. The molecule has 26 heavy (non-hydrogen) atoms. The number of carbonyl (C=O) groups excluding carboxylic acids is 1. The second-order valence-corrected chi connectivity index (χ2v) is 7.00. The van der Waals surface area contributed by atoms with Gasteiger partial charge in [0.05, 0.1) is 16.4 Å². The first-order chi connectivity index (χ1) is 12.5. The van der Waals surface area contributed by atoms with Gasteiger partial charge in [0.15, 0.2) is 5.82 Å². The van der Waals surface area contributed by atoms with E-state index in [2.05, 4.69) is 10.3 Å². The van der Waals surface area contributed by atoms with Crippen molar-refractivity contribution in [2.75, 3.05) is 13.1 Å². The van der Waals surface area contributed by atoms with Gasteiger partial charge in [0.2, 0.25) is 5.91 Å². The number of rotatable bonds is 2. The molecular formula is C18H17ClN4O3. The molecule has 0 radical (unpaired) electrons. The molecule has 2 aliphatic rings. The van der Waals surface area contributed by atoms with Crippen molar-refractivity contribution in [3.63, 3.8) is 0 Å². The number of halogens is 1. The van der Waals surface area contributed by atoms with Gasteiger partial charge in [-0.15, -0.1) is 0 Å². The minimum Gasteiger partial charge on any atom is -0.366 e. The summed E-state index contributed by atoms with van der Waals surface area (Å²) in [4.78, 5) is 29.9. The number of aromatic nitrogens is 1. The summed E-state index contributed by atoms with van der Waals surface area (Å²) < 4.78 is 0. The fraction of sp³-hybridized carbons (Fsp3) is 0.333. The van der Waals surface area contributed by atoms with Crippen LogP contribution in [0.1, 0.15) is 29.9 Å². The standard InChI is InChI=1S/C18H17ClN4O3/c1-10-3-4-14-11(7-10)8-13(17(19)21-14)12-9-15(24)22-6-2-5-20-18(22)16(12)23(25)26/h3-4,7-8,12,20H,2,5-6,9H2,1H3. The third-order valence-corrected chi connectivity index (χ3v) is 5.20. The van der Waals surface area contributed by atoms with E-state index in [1.165, 1.54) is 4.90 Å². The van der Waals surface area contributed by atoms with Crippen LogP contribution in [0.4, 0.5) is 0 Å². The van der Waals surface area contributed by atoms with Crippen molar-refractivity contribution in [1.82, 2.24) is 15.2 Å². The Morgan fingerprint density at radius 3 is 2.96 bits per heavy atom. The fourth-order valence-electron chi connectivity index (χ4n) is 3.68. The van der Waals surface area contributed by atoms with Gasteiger partial charge in [-0.1, -0.05) is 23.2 Å². The number of hydrogen-bond donors (Lipinski definition) is 1. The molecule has 0 saturated carbocycles. The first kappa shape index (κ1) is 16.8. The lowest BCUT2D eigenvalue weighted by Crippen LogP contribution is -2.48. The number of hydrogen-bond acceptors (Lipinski definition) is 5. The van der Waals surface area contributed by atoms with Crippen LogP contribution in [0, 0.1) is 17.0 Å². The molecule has 1 atom stereocenters. The molecule has 2 aromatic rings. The third-order valence-electron chi connectivity index (χ3n) is 4.90. The van der Waals surface area contributed by atoms with Gasteiger partial charge >= 0.3 is 0 Å². The van der Waals surface area contributed by atoms with Gasteiger partial charge in [0.1, 0.15) is 5.15 Å². The second kappa shape index (κ2) is 6.25. The highest BCUT2D eigenvalue weighted by Gasteiger charge is 2.43. The number of benzene rings is 1. The van der Waals surface area contributed by atoms with Crippen LogP contribution < -0.4 is 5.32 Å². The van der Waals surface area contributed by atoms with Gasteiger partial charge < -0.3 is 5.32 Å². The molecule has 8 heteroatoms. The van der Waals surface area contributed by atoms with E-state index in [4.69, 9.17) is 11.6 Å². The maximum atomic E-state index is 12.6. The maximum absolute atomic E-state index is 12.6. The lowest BCUT2D eigenvalue weighted by Gasteiger charge is -2.35. The van der Waals surface area contributed by atoms with E-state index in [-0.39, 0.29) is 23.2 Å². The Morgan fingerprint density at radius 2 is 2.19 bits per heavy atom. The summed E-state index contributed by atoms with van der Waals surface area (Å²) in [7, 11) is 0. The zero-order valence-electron chi connectivity index (χ0n) is 14.2. The van der Waals surface area contributed by atoms with Crippen LogP contribution in [0.15, 0.2) is 35.8 Å². The van der Waals surface area contributed by atoms with E-state index < -0.39 is 10.8 Å². The Labute approximate surface area is 154 Å². The minimum atomic E-state index is -0.723. The molecule has 1 saturated heterocycles. The number of allylic oxidation sites excluding steroid dienone is 1. The summed E-state index contributed by atoms with van der Waals surface area (Å²) in [6.07, 6.45) is 0.780. The number of carbonyl (C=O) groups is 1. The zero-order valence-corrected chi connectivity index (χ0v) is 14.9. The van der Waals surface area contributed by atoms with E-state index in [1.54, 1.807) is 0 Å². The van der Waals surface area contributed by atoms with E-state index >= 15 is 0 Å². The van der Waals surface area contributed by atoms with Gasteiger partial charge in [0, 0.05) is 30.5 Å². The summed E-state index contributed by atoms with van der Waals surface area (Å²) >= 11 is 6.37. The first-order valence-corrected chi connectivity index (χ1v) is 8.83. The van der Waals surface area contributed by atoms with Crippen molar-refractivity contribution in [3.05, 3.63) is 62.2 Å². The molecular weight excluding hydrogens is 356 g/mol. The van der Waals surface area contributed by atoms with Crippen LogP contribution in [0.2, 0.25) is 5.15 Å². The maximum Gasteiger partial charge on any atom is 0.294 e. The molecule has 1 aromatic carbocycles. The average Bonchev–Trinajstić information content (AvgIpc) is 2.61. The van der Waals surface area contributed by atoms with E-state index in [0.29, 0.717) is 24.5 Å². The number of nitrogens with one attached hydrogen (secondary N) is 1. The van der Waals surface area contributed by atoms with E-state index in [0.717, 1.165) is 22.9 Å². The SMILES string of the molecule is Cc1ccc2nc(Cl)c(C3CC(=O)N4CCCNC4=C3[N+](=O)[O-])cc2c1. The highest BCUT2D eigenvalue weighted by atomic mass is 35.5. The van der Waals surface area contributed by atoms with Gasteiger partial charge in [-0.25, -0.2) is 4.98 Å². The van der Waals surface area contributed by atoms with Crippen molar-refractivity contribution in [2.45, 2.75) is 25.7 Å². The highest BCUT2D eigenvalue weighted by Crippen LogP contribution is 2.40. The number of nitro groups is 1. The summed E-state index contributed by atoms with van der Waals surface area (Å²) in [5.74, 6) is -0.564. The largest absolute Gasteiger partial charge is 0.366 e. The Morgan fingerprint density at radius 1 is 1.38 bits per heavy atom. The molecule has 7 nitrogen and oxygen atoms in total. The van der Waals surface area contributed by atoms with Gasteiger partial charge in [0.25, 0.3) is 5.70 Å². The van der Waals surface area contributed by atoms with Crippen molar-refractivity contribution in [2.24, 2.45) is 0 Å². The molecule has 0 bridgehead atoms. The van der Waals surface area contributed by atoms with E-state index in [9.17, 15) is 14.9 Å². The number of pyridine rings is 1. The number of aryl methyl sites for hydroxylation is 1. The monoisotopic (exact) mass is 372 g/mol. The van der Waals surface area contributed by atoms with Crippen LogP contribution >= 0.6 is 11.6 Å². The summed E-state index contributed by atoms with van der Waals surface area (Å²) in [6.45, 7) is 3.06. The Bertz CT molecular complexity index is 972. The van der Waals surface area contributed by atoms with Crippen molar-refractivity contribution >= 4 is 28.4 Å². The predicted octanol–water partition coefficient (Wildman–Crippen LogP) is 2.95. The Balaban J connectivity index is 1.90. The van der Waals surface area contributed by atoms with Crippen molar-refractivity contribution < 1.29 is 9.72 Å². The summed E-state index contributed by atoms with van der Waals surface area (Å²) in [5.41, 5.74) is 2.28. The lowest BCUT2D eigenvalue weighted by atomic mass is 9.88. The molecule has 1 unspecified atom stereocenters.